The molecular weight excluding hydrogens is 363 g/mol. The summed E-state index contributed by atoms with van der Waals surface area (Å²) < 4.78 is 38.4. The Labute approximate surface area is 154 Å². The number of alkyl halides is 3. The molecule has 0 atom stereocenters. The number of piperazine rings is 1. The second-order valence-corrected chi connectivity index (χ2v) is 6.71. The van der Waals surface area contributed by atoms with Crippen molar-refractivity contribution in [1.82, 2.24) is 14.7 Å². The van der Waals surface area contributed by atoms with Crippen LogP contribution in [0, 0.1) is 0 Å². The highest BCUT2D eigenvalue weighted by molar-refractivity contribution is 5.97. The van der Waals surface area contributed by atoms with E-state index in [2.05, 4.69) is 0 Å². The van der Waals surface area contributed by atoms with E-state index in [1.54, 1.807) is 4.90 Å². The molecule has 146 valence electrons. The summed E-state index contributed by atoms with van der Waals surface area (Å²) in [6.07, 6.45) is -2.63. The highest BCUT2D eigenvalue weighted by Gasteiger charge is 2.33. The Hall–Kier alpha value is -2.58. The minimum Gasteiger partial charge on any atom is -0.341 e. The van der Waals surface area contributed by atoms with Crippen LogP contribution < -0.4 is 0 Å². The lowest BCUT2D eigenvalue weighted by molar-refractivity contribution is -0.142. The van der Waals surface area contributed by atoms with Gasteiger partial charge < -0.3 is 14.7 Å². The van der Waals surface area contributed by atoms with Gasteiger partial charge in [0.15, 0.2) is 0 Å². The first-order valence-corrected chi connectivity index (χ1v) is 8.78. The number of benzene rings is 1. The van der Waals surface area contributed by atoms with Gasteiger partial charge in [-0.3, -0.25) is 14.4 Å². The molecule has 0 bridgehead atoms. The lowest BCUT2D eigenvalue weighted by Gasteiger charge is -2.34. The first-order valence-electron chi connectivity index (χ1n) is 8.78. The number of hydrogen-bond acceptors (Lipinski definition) is 3. The van der Waals surface area contributed by atoms with Crippen molar-refractivity contribution < 1.29 is 27.6 Å². The van der Waals surface area contributed by atoms with Crippen molar-refractivity contribution in [1.29, 1.82) is 0 Å². The van der Waals surface area contributed by atoms with Gasteiger partial charge in [-0.2, -0.15) is 13.2 Å². The zero-order valence-electron chi connectivity index (χ0n) is 14.7. The normalized spacial score (nSPS) is 18.2. The second kappa shape index (κ2) is 7.58. The van der Waals surface area contributed by atoms with Gasteiger partial charge in [0.1, 0.15) is 6.54 Å². The molecule has 0 unspecified atom stereocenters. The van der Waals surface area contributed by atoms with Crippen LogP contribution in [-0.4, -0.2) is 71.7 Å². The number of rotatable bonds is 3. The van der Waals surface area contributed by atoms with Crippen molar-refractivity contribution in [3.63, 3.8) is 0 Å². The Morgan fingerprint density at radius 3 is 2.33 bits per heavy atom. The van der Waals surface area contributed by atoms with Gasteiger partial charge in [0.25, 0.3) is 5.91 Å². The molecule has 1 aromatic rings. The monoisotopic (exact) mass is 383 g/mol. The quantitative estimate of drug-likeness (QED) is 0.797. The SMILES string of the molecule is O=C(CN1CCN(C(=O)c2cccc(C(F)(F)F)c2)CC1=O)N1CCCC1. The van der Waals surface area contributed by atoms with E-state index in [4.69, 9.17) is 0 Å². The molecule has 6 nitrogen and oxygen atoms in total. The summed E-state index contributed by atoms with van der Waals surface area (Å²) in [4.78, 5) is 41.3. The Morgan fingerprint density at radius 2 is 1.70 bits per heavy atom. The van der Waals surface area contributed by atoms with Crippen molar-refractivity contribution in [2.75, 3.05) is 39.3 Å². The van der Waals surface area contributed by atoms with E-state index in [-0.39, 0.29) is 43.6 Å². The van der Waals surface area contributed by atoms with Gasteiger partial charge in [-0.05, 0) is 31.0 Å². The van der Waals surface area contributed by atoms with Gasteiger partial charge in [0, 0.05) is 31.7 Å². The fourth-order valence-corrected chi connectivity index (χ4v) is 3.29. The molecule has 3 rings (SSSR count). The van der Waals surface area contributed by atoms with Crippen LogP contribution in [0.1, 0.15) is 28.8 Å². The Morgan fingerprint density at radius 1 is 1.00 bits per heavy atom. The predicted molar refractivity (Wildman–Crippen MR) is 89.7 cm³/mol. The second-order valence-electron chi connectivity index (χ2n) is 6.71. The summed E-state index contributed by atoms with van der Waals surface area (Å²) in [7, 11) is 0. The van der Waals surface area contributed by atoms with Gasteiger partial charge in [0.2, 0.25) is 11.8 Å². The molecule has 2 fully saturated rings. The van der Waals surface area contributed by atoms with Gasteiger partial charge >= 0.3 is 6.18 Å². The fourth-order valence-electron chi connectivity index (χ4n) is 3.29. The third-order valence-corrected chi connectivity index (χ3v) is 4.83. The molecule has 2 saturated heterocycles. The maximum Gasteiger partial charge on any atom is 0.416 e. The smallest absolute Gasteiger partial charge is 0.341 e. The van der Waals surface area contributed by atoms with Crippen molar-refractivity contribution in [2.45, 2.75) is 19.0 Å². The molecule has 0 N–H and O–H groups in total. The molecule has 2 heterocycles. The van der Waals surface area contributed by atoms with Crippen LogP contribution in [0.3, 0.4) is 0 Å². The maximum atomic E-state index is 12.8. The zero-order chi connectivity index (χ0) is 19.6. The molecule has 0 radical (unpaired) electrons. The average molecular weight is 383 g/mol. The molecule has 3 amide bonds. The van der Waals surface area contributed by atoms with Crippen molar-refractivity contribution in [2.24, 2.45) is 0 Å². The molecule has 27 heavy (non-hydrogen) atoms. The summed E-state index contributed by atoms with van der Waals surface area (Å²) in [6.45, 7) is 1.48. The number of likely N-dealkylation sites (tertiary alicyclic amines) is 1. The summed E-state index contributed by atoms with van der Waals surface area (Å²) in [5, 5.41) is 0. The largest absolute Gasteiger partial charge is 0.416 e. The summed E-state index contributed by atoms with van der Waals surface area (Å²) in [5.41, 5.74) is -1.02. The molecule has 0 spiro atoms. The molecule has 0 aromatic heterocycles. The number of carbonyl (C=O) groups excluding carboxylic acids is 3. The fraction of sp³-hybridized carbons (Fsp3) is 0.500. The van der Waals surface area contributed by atoms with E-state index >= 15 is 0 Å². The van der Waals surface area contributed by atoms with Crippen molar-refractivity contribution >= 4 is 17.7 Å². The number of carbonyl (C=O) groups is 3. The Kier molecular flexibility index (Phi) is 5.38. The third-order valence-electron chi connectivity index (χ3n) is 4.83. The van der Waals surface area contributed by atoms with E-state index in [0.29, 0.717) is 13.1 Å². The maximum absolute atomic E-state index is 12.8. The summed E-state index contributed by atoms with van der Waals surface area (Å²) >= 11 is 0. The van der Waals surface area contributed by atoms with Crippen LogP contribution in [0.4, 0.5) is 13.2 Å². The predicted octanol–water partition coefficient (Wildman–Crippen LogP) is 1.61. The number of nitrogens with zero attached hydrogens (tertiary/aromatic N) is 3. The molecular formula is C18H20F3N3O3. The number of hydrogen-bond donors (Lipinski definition) is 0. The number of halogens is 3. The van der Waals surface area contributed by atoms with E-state index in [0.717, 1.165) is 25.0 Å². The molecule has 1 aromatic carbocycles. The minimum atomic E-state index is -4.54. The van der Waals surface area contributed by atoms with Crippen LogP contribution in [0.2, 0.25) is 0 Å². The Balaban J connectivity index is 1.61. The highest BCUT2D eigenvalue weighted by Crippen LogP contribution is 2.29. The van der Waals surface area contributed by atoms with Gasteiger partial charge in [0.05, 0.1) is 12.1 Å². The molecule has 2 aliphatic rings. The van der Waals surface area contributed by atoms with Crippen LogP contribution >= 0.6 is 0 Å². The molecule has 9 heteroatoms. The van der Waals surface area contributed by atoms with Gasteiger partial charge in [-0.1, -0.05) is 6.07 Å². The Bertz CT molecular complexity index is 745. The van der Waals surface area contributed by atoms with Crippen LogP contribution in [0.15, 0.2) is 24.3 Å². The topological polar surface area (TPSA) is 60.9 Å². The van der Waals surface area contributed by atoms with E-state index < -0.39 is 17.6 Å². The molecule has 0 aliphatic carbocycles. The number of amides is 3. The van der Waals surface area contributed by atoms with Crippen LogP contribution in [0.25, 0.3) is 0 Å². The van der Waals surface area contributed by atoms with E-state index in [1.165, 1.54) is 21.9 Å². The lowest BCUT2D eigenvalue weighted by Crippen LogP contribution is -2.54. The van der Waals surface area contributed by atoms with E-state index in [9.17, 15) is 27.6 Å². The summed E-state index contributed by atoms with van der Waals surface area (Å²) in [5.74, 6) is -1.12. The lowest BCUT2D eigenvalue weighted by atomic mass is 10.1. The van der Waals surface area contributed by atoms with Crippen molar-refractivity contribution in [3.8, 4) is 0 Å². The van der Waals surface area contributed by atoms with Gasteiger partial charge in [-0.15, -0.1) is 0 Å². The average Bonchev–Trinajstić information content (AvgIpc) is 3.17. The summed E-state index contributed by atoms with van der Waals surface area (Å²) in [6, 6.07) is 4.15. The third kappa shape index (κ3) is 4.40. The van der Waals surface area contributed by atoms with Crippen molar-refractivity contribution in [3.05, 3.63) is 35.4 Å². The standard InChI is InChI=1S/C18H20F3N3O3/c19-18(20,21)14-5-3-4-13(10-14)17(27)24-9-8-23(16(26)12-24)11-15(25)22-6-1-2-7-22/h3-5,10H,1-2,6-9,11-12H2. The first-order chi connectivity index (χ1) is 12.8. The van der Waals surface area contributed by atoms with E-state index in [1.807, 2.05) is 0 Å². The highest BCUT2D eigenvalue weighted by atomic mass is 19.4. The zero-order valence-corrected chi connectivity index (χ0v) is 14.7. The molecule has 0 saturated carbocycles. The van der Waals surface area contributed by atoms with Crippen LogP contribution in [-0.2, 0) is 15.8 Å². The first kappa shape index (κ1) is 19.2. The van der Waals surface area contributed by atoms with Crippen LogP contribution in [0.5, 0.6) is 0 Å². The van der Waals surface area contributed by atoms with Gasteiger partial charge in [-0.25, -0.2) is 0 Å². The minimum absolute atomic E-state index is 0.0234. The molecule has 2 aliphatic heterocycles.